The number of ether oxygens (including phenoxy) is 1. The molecule has 0 saturated carbocycles. The van der Waals surface area contributed by atoms with E-state index >= 15 is 0 Å². The molecule has 2 aromatic rings. The van der Waals surface area contributed by atoms with Gasteiger partial charge in [-0.3, -0.25) is 0 Å². The number of carbonyl (C=O) groups is 1. The van der Waals surface area contributed by atoms with Crippen LogP contribution < -0.4 is 0 Å². The number of aromatic carboxylic acids is 1. The quantitative estimate of drug-likeness (QED) is 0.873. The Labute approximate surface area is 104 Å². The van der Waals surface area contributed by atoms with Crippen molar-refractivity contribution in [1.82, 2.24) is 15.0 Å². The summed E-state index contributed by atoms with van der Waals surface area (Å²) in [6, 6.07) is 4.86. The van der Waals surface area contributed by atoms with E-state index < -0.39 is 5.97 Å². The second kappa shape index (κ2) is 5.14. The average Bonchev–Trinajstić information content (AvgIpc) is 2.78. The van der Waals surface area contributed by atoms with Crippen LogP contribution in [0, 0.1) is 0 Å². The summed E-state index contributed by atoms with van der Waals surface area (Å²) < 4.78 is 7.09. The lowest BCUT2D eigenvalue weighted by atomic mass is 10.2. The van der Waals surface area contributed by atoms with Crippen LogP contribution in [0.2, 0.25) is 0 Å². The molecule has 0 bridgehead atoms. The zero-order chi connectivity index (χ0) is 13.1. The van der Waals surface area contributed by atoms with Gasteiger partial charge in [0.05, 0.1) is 23.7 Å². The van der Waals surface area contributed by atoms with Crippen LogP contribution in [0.3, 0.4) is 0 Å². The highest BCUT2D eigenvalue weighted by Crippen LogP contribution is 2.17. The molecule has 0 saturated heterocycles. The van der Waals surface area contributed by atoms with E-state index in [0.29, 0.717) is 18.7 Å². The van der Waals surface area contributed by atoms with Crippen molar-refractivity contribution in [3.8, 4) is 0 Å². The van der Waals surface area contributed by atoms with Crippen molar-refractivity contribution in [2.45, 2.75) is 19.9 Å². The molecule has 0 aliphatic rings. The Bertz CT molecular complexity index is 565. The minimum atomic E-state index is -0.964. The second-order valence-corrected chi connectivity index (χ2v) is 4.05. The second-order valence-electron chi connectivity index (χ2n) is 4.05. The van der Waals surface area contributed by atoms with Gasteiger partial charge in [0.2, 0.25) is 0 Å². The summed E-state index contributed by atoms with van der Waals surface area (Å²) in [5.74, 6) is -0.964. The lowest BCUT2D eigenvalue weighted by Gasteiger charge is -2.11. The van der Waals surface area contributed by atoms with E-state index in [9.17, 15) is 4.79 Å². The fraction of sp³-hybridized carbons (Fsp3) is 0.417. The standard InChI is InChI=1S/C12H15N3O3/c1-3-18-7-8(2)15-11-5-4-9(12(16)17)6-10(11)13-14-15/h4-6,8H,3,7H2,1-2H3,(H,16,17). The van der Waals surface area contributed by atoms with Gasteiger partial charge in [-0.2, -0.15) is 0 Å². The van der Waals surface area contributed by atoms with Crippen molar-refractivity contribution >= 4 is 17.0 Å². The van der Waals surface area contributed by atoms with Gasteiger partial charge < -0.3 is 9.84 Å². The zero-order valence-electron chi connectivity index (χ0n) is 10.3. The predicted molar refractivity (Wildman–Crippen MR) is 65.7 cm³/mol. The zero-order valence-corrected chi connectivity index (χ0v) is 10.3. The smallest absolute Gasteiger partial charge is 0.335 e. The molecule has 96 valence electrons. The van der Waals surface area contributed by atoms with Crippen LogP contribution in [0.4, 0.5) is 0 Å². The summed E-state index contributed by atoms with van der Waals surface area (Å²) in [5, 5.41) is 16.9. The Balaban J connectivity index is 2.33. The Morgan fingerprint density at radius 2 is 2.33 bits per heavy atom. The van der Waals surface area contributed by atoms with E-state index in [2.05, 4.69) is 10.3 Å². The van der Waals surface area contributed by atoms with Gasteiger partial charge in [0, 0.05) is 6.61 Å². The topological polar surface area (TPSA) is 77.2 Å². The summed E-state index contributed by atoms with van der Waals surface area (Å²) in [7, 11) is 0. The third-order valence-electron chi connectivity index (χ3n) is 2.70. The summed E-state index contributed by atoms with van der Waals surface area (Å²) in [6.45, 7) is 5.12. The monoisotopic (exact) mass is 249 g/mol. The van der Waals surface area contributed by atoms with E-state index in [1.54, 1.807) is 16.8 Å². The number of carboxylic acid groups (broad SMARTS) is 1. The van der Waals surface area contributed by atoms with Crippen LogP contribution in [0.5, 0.6) is 0 Å². The van der Waals surface area contributed by atoms with Crippen LogP contribution in [-0.2, 0) is 4.74 Å². The van der Waals surface area contributed by atoms with Crippen LogP contribution in [0.1, 0.15) is 30.2 Å². The van der Waals surface area contributed by atoms with Crippen LogP contribution in [0.25, 0.3) is 11.0 Å². The normalized spacial score (nSPS) is 12.8. The molecule has 1 atom stereocenters. The van der Waals surface area contributed by atoms with E-state index in [4.69, 9.17) is 9.84 Å². The lowest BCUT2D eigenvalue weighted by Crippen LogP contribution is -2.13. The molecular weight excluding hydrogens is 234 g/mol. The summed E-state index contributed by atoms with van der Waals surface area (Å²) in [6.07, 6.45) is 0. The van der Waals surface area contributed by atoms with Crippen LogP contribution >= 0.6 is 0 Å². The molecule has 6 heteroatoms. The van der Waals surface area contributed by atoms with Gasteiger partial charge in [-0.25, -0.2) is 9.48 Å². The van der Waals surface area contributed by atoms with Crippen LogP contribution in [0.15, 0.2) is 18.2 Å². The van der Waals surface area contributed by atoms with E-state index in [1.807, 2.05) is 13.8 Å². The maximum Gasteiger partial charge on any atom is 0.335 e. The third kappa shape index (κ3) is 2.33. The summed E-state index contributed by atoms with van der Waals surface area (Å²) >= 11 is 0. The number of carboxylic acids is 1. The van der Waals surface area contributed by atoms with Gasteiger partial charge in [-0.1, -0.05) is 5.21 Å². The number of hydrogen-bond acceptors (Lipinski definition) is 4. The van der Waals surface area contributed by atoms with Gasteiger partial charge in [0.1, 0.15) is 5.52 Å². The highest BCUT2D eigenvalue weighted by atomic mass is 16.5. The molecule has 6 nitrogen and oxygen atoms in total. The minimum absolute atomic E-state index is 0.0608. The number of fused-ring (bicyclic) bond motifs is 1. The van der Waals surface area contributed by atoms with Gasteiger partial charge in [0.15, 0.2) is 0 Å². The molecule has 18 heavy (non-hydrogen) atoms. The van der Waals surface area contributed by atoms with Crippen molar-refractivity contribution in [2.75, 3.05) is 13.2 Å². The maximum atomic E-state index is 10.9. The van der Waals surface area contributed by atoms with Gasteiger partial charge in [-0.05, 0) is 32.0 Å². The van der Waals surface area contributed by atoms with Crippen LogP contribution in [-0.4, -0.2) is 39.3 Å². The Hall–Kier alpha value is -1.95. The molecule has 0 aliphatic heterocycles. The van der Waals surface area contributed by atoms with Gasteiger partial charge in [0.25, 0.3) is 0 Å². The van der Waals surface area contributed by atoms with E-state index in [0.717, 1.165) is 5.52 Å². The van der Waals surface area contributed by atoms with Crippen molar-refractivity contribution in [2.24, 2.45) is 0 Å². The Morgan fingerprint density at radius 3 is 3.00 bits per heavy atom. The molecule has 1 aromatic heterocycles. The molecule has 1 aromatic carbocycles. The summed E-state index contributed by atoms with van der Waals surface area (Å²) in [4.78, 5) is 10.9. The molecule has 0 spiro atoms. The first-order chi connectivity index (χ1) is 8.63. The fourth-order valence-electron chi connectivity index (χ4n) is 1.76. The third-order valence-corrected chi connectivity index (χ3v) is 2.70. The molecule has 2 rings (SSSR count). The molecule has 0 aliphatic carbocycles. The van der Waals surface area contributed by atoms with E-state index in [1.165, 1.54) is 6.07 Å². The molecule has 0 fully saturated rings. The number of hydrogen-bond donors (Lipinski definition) is 1. The van der Waals surface area contributed by atoms with Crippen molar-refractivity contribution in [3.05, 3.63) is 23.8 Å². The van der Waals surface area contributed by atoms with Crippen molar-refractivity contribution < 1.29 is 14.6 Å². The maximum absolute atomic E-state index is 10.9. The summed E-state index contributed by atoms with van der Waals surface area (Å²) in [5.41, 5.74) is 1.61. The van der Waals surface area contributed by atoms with Gasteiger partial charge in [-0.15, -0.1) is 5.10 Å². The molecule has 0 amide bonds. The molecule has 1 heterocycles. The Morgan fingerprint density at radius 1 is 1.56 bits per heavy atom. The number of nitrogens with zero attached hydrogens (tertiary/aromatic N) is 3. The number of aromatic nitrogens is 3. The Kier molecular flexibility index (Phi) is 3.57. The number of rotatable bonds is 5. The highest BCUT2D eigenvalue weighted by Gasteiger charge is 2.13. The number of benzene rings is 1. The lowest BCUT2D eigenvalue weighted by molar-refractivity contribution is 0.0697. The fourth-order valence-corrected chi connectivity index (χ4v) is 1.76. The molecule has 1 unspecified atom stereocenters. The largest absolute Gasteiger partial charge is 0.478 e. The van der Waals surface area contributed by atoms with E-state index in [-0.39, 0.29) is 11.6 Å². The first-order valence-electron chi connectivity index (χ1n) is 5.79. The first-order valence-corrected chi connectivity index (χ1v) is 5.79. The van der Waals surface area contributed by atoms with Crippen molar-refractivity contribution in [3.63, 3.8) is 0 Å². The predicted octanol–water partition coefficient (Wildman–Crippen LogP) is 1.73. The molecular formula is C12H15N3O3. The molecule has 0 radical (unpaired) electrons. The highest BCUT2D eigenvalue weighted by molar-refractivity contribution is 5.92. The minimum Gasteiger partial charge on any atom is -0.478 e. The average molecular weight is 249 g/mol. The van der Waals surface area contributed by atoms with Crippen molar-refractivity contribution in [1.29, 1.82) is 0 Å². The molecule has 1 N–H and O–H groups in total. The SMILES string of the molecule is CCOCC(C)n1nnc2cc(C(=O)O)ccc21. The van der Waals surface area contributed by atoms with Gasteiger partial charge >= 0.3 is 5.97 Å². The first kappa shape index (κ1) is 12.5.